The maximum atomic E-state index is 5.40. The minimum Gasteiger partial charge on any atom is -0.307 e. The van der Waals surface area contributed by atoms with E-state index in [2.05, 4.69) is 173 Å². The minimum atomic E-state index is 0.643. The van der Waals surface area contributed by atoms with Gasteiger partial charge in [0.25, 0.3) is 0 Å². The number of para-hydroxylation sites is 1. The van der Waals surface area contributed by atoms with Crippen LogP contribution in [0.5, 0.6) is 0 Å². The van der Waals surface area contributed by atoms with Gasteiger partial charge < -0.3 is 4.57 Å². The van der Waals surface area contributed by atoms with Crippen molar-refractivity contribution in [1.82, 2.24) is 24.1 Å². The molecule has 9 aromatic rings. The summed E-state index contributed by atoms with van der Waals surface area (Å²) in [7, 11) is 0. The Morgan fingerprint density at radius 2 is 1.05 bits per heavy atom. The number of rotatable bonds is 6. The lowest BCUT2D eigenvalue weighted by Gasteiger charge is -2.17. The number of pyridine rings is 1. The molecule has 0 spiro atoms. The Morgan fingerprint density at radius 1 is 0.464 bits per heavy atom. The highest BCUT2D eigenvalue weighted by molar-refractivity contribution is 6.19. The van der Waals surface area contributed by atoms with Gasteiger partial charge in [-0.1, -0.05) is 146 Å². The maximum absolute atomic E-state index is 5.40. The summed E-state index contributed by atoms with van der Waals surface area (Å²) in [4.78, 5) is 16.1. The summed E-state index contributed by atoms with van der Waals surface area (Å²) in [6.07, 6.45) is 15.2. The number of benzene rings is 5. The van der Waals surface area contributed by atoms with Gasteiger partial charge in [-0.05, 0) is 67.2 Å². The highest BCUT2D eigenvalue weighted by atomic mass is 15.2. The number of hydrogen-bond donors (Lipinski definition) is 0. The third-order valence-electron chi connectivity index (χ3n) is 11.3. The Morgan fingerprint density at radius 3 is 1.73 bits per heavy atom. The zero-order valence-electron chi connectivity index (χ0n) is 30.8. The molecule has 2 aliphatic carbocycles. The third kappa shape index (κ3) is 5.35. The van der Waals surface area contributed by atoms with E-state index in [1.807, 2.05) is 12.1 Å². The molecule has 56 heavy (non-hydrogen) atoms. The van der Waals surface area contributed by atoms with E-state index in [1.54, 1.807) is 0 Å². The average molecular weight is 720 g/mol. The minimum absolute atomic E-state index is 0.643. The van der Waals surface area contributed by atoms with E-state index in [1.165, 1.54) is 33.0 Å². The quantitative estimate of drug-likeness (QED) is 0.172. The third-order valence-corrected chi connectivity index (χ3v) is 11.3. The molecular weight excluding hydrogens is 683 g/mol. The lowest BCUT2D eigenvalue weighted by Crippen LogP contribution is -2.06. The van der Waals surface area contributed by atoms with Crippen LogP contribution in [0.2, 0.25) is 0 Å². The normalized spacial score (nSPS) is 13.8. The Kier molecular flexibility index (Phi) is 7.69. The van der Waals surface area contributed by atoms with Crippen LogP contribution in [0.4, 0.5) is 0 Å². The molecule has 0 N–H and O–H groups in total. The van der Waals surface area contributed by atoms with E-state index in [9.17, 15) is 0 Å². The topological polar surface area (TPSA) is 48.5 Å². The van der Waals surface area contributed by atoms with Crippen LogP contribution in [-0.4, -0.2) is 24.1 Å². The first-order valence-electron chi connectivity index (χ1n) is 19.5. The van der Waals surface area contributed by atoms with Gasteiger partial charge in [0.2, 0.25) is 5.95 Å². The van der Waals surface area contributed by atoms with Crippen LogP contribution >= 0.6 is 0 Å². The molecule has 11 rings (SSSR count). The first-order chi connectivity index (χ1) is 27.8. The van der Waals surface area contributed by atoms with Crippen LogP contribution in [0.1, 0.15) is 36.2 Å². The molecule has 0 atom stereocenters. The van der Waals surface area contributed by atoms with Crippen LogP contribution in [0.15, 0.2) is 170 Å². The van der Waals surface area contributed by atoms with Gasteiger partial charge in [-0.15, -0.1) is 0 Å². The number of nitrogens with zero attached hydrogens (tertiary/aromatic N) is 5. The van der Waals surface area contributed by atoms with E-state index in [0.717, 1.165) is 87.4 Å². The van der Waals surface area contributed by atoms with Crippen molar-refractivity contribution in [3.63, 3.8) is 0 Å². The van der Waals surface area contributed by atoms with E-state index in [-0.39, 0.29) is 0 Å². The number of fused-ring (bicyclic) bond motifs is 7. The van der Waals surface area contributed by atoms with Crippen LogP contribution < -0.4 is 0 Å². The summed E-state index contributed by atoms with van der Waals surface area (Å²) in [5, 5.41) is 3.59. The van der Waals surface area contributed by atoms with Crippen molar-refractivity contribution in [2.45, 2.75) is 25.7 Å². The molecule has 0 amide bonds. The van der Waals surface area contributed by atoms with E-state index >= 15 is 0 Å². The summed E-state index contributed by atoms with van der Waals surface area (Å²) < 4.78 is 4.81. The molecule has 4 aromatic heterocycles. The summed E-state index contributed by atoms with van der Waals surface area (Å²) in [5.41, 5.74) is 15.2. The van der Waals surface area contributed by atoms with Crippen LogP contribution in [0, 0.1) is 0 Å². The first kappa shape index (κ1) is 32.3. The van der Waals surface area contributed by atoms with Crippen molar-refractivity contribution < 1.29 is 0 Å². The smallest absolute Gasteiger partial charge is 0.235 e. The number of aromatic nitrogens is 5. The predicted octanol–water partition coefficient (Wildman–Crippen LogP) is 12.6. The molecule has 0 fully saturated rings. The Labute approximate surface area is 325 Å². The highest BCUT2D eigenvalue weighted by Gasteiger charge is 2.26. The summed E-state index contributed by atoms with van der Waals surface area (Å²) in [5.74, 6) is 0.643. The van der Waals surface area contributed by atoms with Crippen LogP contribution in [0.25, 0.3) is 89.8 Å². The molecule has 5 aromatic carbocycles. The van der Waals surface area contributed by atoms with Crippen molar-refractivity contribution in [2.24, 2.45) is 0 Å². The lowest BCUT2D eigenvalue weighted by atomic mass is 9.99. The van der Waals surface area contributed by atoms with Gasteiger partial charge in [-0.3, -0.25) is 4.57 Å². The fourth-order valence-electron chi connectivity index (χ4n) is 8.67. The fourth-order valence-corrected chi connectivity index (χ4v) is 8.67. The molecule has 266 valence electrons. The molecular formula is C51H37N5. The summed E-state index contributed by atoms with van der Waals surface area (Å²) >= 11 is 0. The Bertz CT molecular complexity index is 3000. The zero-order chi connectivity index (χ0) is 37.0. The van der Waals surface area contributed by atoms with Gasteiger partial charge in [0, 0.05) is 38.5 Å². The van der Waals surface area contributed by atoms with E-state index in [0.29, 0.717) is 5.95 Å². The van der Waals surface area contributed by atoms with Crippen molar-refractivity contribution >= 4 is 44.4 Å². The lowest BCUT2D eigenvalue weighted by molar-refractivity contribution is 0.963. The number of hydrogen-bond acceptors (Lipinski definition) is 3. The molecule has 0 radical (unpaired) electrons. The standard InChI is InChI=1S/C51H37N5/c1-5-17-34(18-6-1)43-31-38(32-44(52-43)35-19-7-2-8-20-35)55-47-27-15-13-25-39(47)41-29-30-42-40-26-14-16-28-48(40)56(50(42)49(41)55)51-53-45(36-21-9-3-10-22-36)33-46(54-51)37-23-11-4-12-24-37/h1-7,9-12,14-19,21-24,26-33H,8,13,20,25H2. The van der Waals surface area contributed by atoms with Crippen molar-refractivity contribution in [3.8, 4) is 45.4 Å². The number of aryl methyl sites for hydroxylation is 1. The Balaban J connectivity index is 1.27. The van der Waals surface area contributed by atoms with E-state index in [4.69, 9.17) is 15.0 Å². The second-order valence-corrected chi connectivity index (χ2v) is 14.6. The maximum Gasteiger partial charge on any atom is 0.235 e. The summed E-state index contributed by atoms with van der Waals surface area (Å²) in [6, 6.07) is 51.5. The molecule has 5 nitrogen and oxygen atoms in total. The largest absolute Gasteiger partial charge is 0.307 e. The Hall–Kier alpha value is -7.11. The zero-order valence-corrected chi connectivity index (χ0v) is 30.8. The van der Waals surface area contributed by atoms with E-state index < -0.39 is 0 Å². The molecule has 0 bridgehead atoms. The monoisotopic (exact) mass is 719 g/mol. The second-order valence-electron chi connectivity index (χ2n) is 14.6. The SMILES string of the molecule is C1=CCCC(c2cc(-n3c4c(c5ccc6c7ccccc7n(-c7nc(-c8ccccc8)cc(-c8ccccc8)n7)c6c53)CCC=C4)cc(-c3ccccc3)n2)=C1. The van der Waals surface area contributed by atoms with Crippen LogP contribution in [-0.2, 0) is 6.42 Å². The summed E-state index contributed by atoms with van der Waals surface area (Å²) in [6.45, 7) is 0. The van der Waals surface area contributed by atoms with Gasteiger partial charge in [0.05, 0.1) is 45.0 Å². The molecule has 0 saturated heterocycles. The fraction of sp³-hybridized carbons (Fsp3) is 0.0784. The van der Waals surface area contributed by atoms with Gasteiger partial charge >= 0.3 is 0 Å². The predicted molar refractivity (Wildman–Crippen MR) is 231 cm³/mol. The second kappa shape index (κ2) is 13.3. The van der Waals surface area contributed by atoms with Gasteiger partial charge in [-0.2, -0.15) is 0 Å². The van der Waals surface area contributed by atoms with Crippen molar-refractivity contribution in [3.05, 3.63) is 187 Å². The van der Waals surface area contributed by atoms with Crippen molar-refractivity contribution in [1.29, 1.82) is 0 Å². The first-order valence-corrected chi connectivity index (χ1v) is 19.5. The molecule has 4 heterocycles. The average Bonchev–Trinajstić information content (AvgIpc) is 3.81. The molecule has 2 aliphatic rings. The van der Waals surface area contributed by atoms with Gasteiger partial charge in [-0.25, -0.2) is 15.0 Å². The molecule has 0 aliphatic heterocycles. The van der Waals surface area contributed by atoms with Crippen molar-refractivity contribution in [2.75, 3.05) is 0 Å². The van der Waals surface area contributed by atoms with Gasteiger partial charge in [0.1, 0.15) is 0 Å². The number of allylic oxidation sites excluding steroid dienone is 5. The molecule has 0 unspecified atom stereocenters. The van der Waals surface area contributed by atoms with Gasteiger partial charge in [0.15, 0.2) is 0 Å². The molecule has 0 saturated carbocycles. The highest BCUT2D eigenvalue weighted by Crippen LogP contribution is 2.43. The molecule has 5 heteroatoms. The van der Waals surface area contributed by atoms with Crippen LogP contribution in [0.3, 0.4) is 0 Å².